The van der Waals surface area contributed by atoms with Gasteiger partial charge in [-0.1, -0.05) is 31.2 Å². The Kier molecular flexibility index (Phi) is 7.57. The first-order valence-electron chi connectivity index (χ1n) is 15.9. The van der Waals surface area contributed by atoms with Crippen LogP contribution in [-0.4, -0.2) is 68.9 Å². The molecule has 1 N–H and O–H groups in total. The summed E-state index contributed by atoms with van der Waals surface area (Å²) in [6.07, 6.45) is 18.4. The first kappa shape index (κ1) is 27.7. The number of nitrogens with zero attached hydrogens (tertiary/aromatic N) is 1. The predicted molar refractivity (Wildman–Crippen MR) is 161 cm³/mol. The summed E-state index contributed by atoms with van der Waals surface area (Å²) < 4.78 is 23.8. The molecule has 6 atom stereocenters. The molecule has 0 amide bonds. The van der Waals surface area contributed by atoms with Crippen LogP contribution in [0.1, 0.15) is 69.8 Å². The topological polar surface area (TPSA) is 61.8 Å². The molecule has 5 aliphatic rings. The predicted octanol–water partition coefficient (Wildman–Crippen LogP) is 6.11. The number of aromatic nitrogens is 1. The molecular formula is C35H46N2O4. The largest absolute Gasteiger partial charge is 0.382 e. The number of pyridine rings is 1. The summed E-state index contributed by atoms with van der Waals surface area (Å²) in [5, 5.41) is 6.33. The summed E-state index contributed by atoms with van der Waals surface area (Å²) in [4.78, 5) is 4.39. The molecule has 0 unspecified atom stereocenters. The molecule has 220 valence electrons. The molecule has 2 aromatic rings. The molecule has 1 aromatic carbocycles. The van der Waals surface area contributed by atoms with E-state index in [1.54, 1.807) is 12.7 Å². The van der Waals surface area contributed by atoms with Gasteiger partial charge in [-0.15, -0.1) is 0 Å². The molecule has 2 bridgehead atoms. The van der Waals surface area contributed by atoms with Gasteiger partial charge in [0, 0.05) is 37.5 Å². The number of allylic oxidation sites excluding steroid dienone is 1. The summed E-state index contributed by atoms with van der Waals surface area (Å²) in [6, 6.07) is 9.67. The Morgan fingerprint density at radius 1 is 1.00 bits per heavy atom. The van der Waals surface area contributed by atoms with E-state index < -0.39 is 0 Å². The Morgan fingerprint density at radius 2 is 1.88 bits per heavy atom. The van der Waals surface area contributed by atoms with Gasteiger partial charge < -0.3 is 24.3 Å². The molecule has 41 heavy (non-hydrogen) atoms. The van der Waals surface area contributed by atoms with Crippen LogP contribution in [0.4, 0.5) is 0 Å². The Hall–Kier alpha value is -2.09. The number of fused-ring (bicyclic) bond motifs is 2. The minimum absolute atomic E-state index is 0.0890. The van der Waals surface area contributed by atoms with Crippen molar-refractivity contribution in [2.75, 3.05) is 46.7 Å². The number of hydrogen-bond donors (Lipinski definition) is 1. The zero-order valence-corrected chi connectivity index (χ0v) is 24.8. The first-order chi connectivity index (χ1) is 20.1. The van der Waals surface area contributed by atoms with Crippen molar-refractivity contribution in [2.45, 2.75) is 81.5 Å². The second-order valence-electron chi connectivity index (χ2n) is 13.3. The van der Waals surface area contributed by atoms with E-state index in [0.29, 0.717) is 50.9 Å². The molecule has 0 radical (unpaired) electrons. The normalized spacial score (nSPS) is 35.5. The Balaban J connectivity index is 1.02. The number of ether oxygens (including phenoxy) is 4. The van der Waals surface area contributed by atoms with E-state index in [9.17, 15) is 0 Å². The second kappa shape index (κ2) is 11.2. The molecule has 3 fully saturated rings. The second-order valence-corrected chi connectivity index (χ2v) is 13.3. The fraction of sp³-hybridized carbons (Fsp3) is 0.629. The van der Waals surface area contributed by atoms with Gasteiger partial charge in [0.15, 0.2) is 0 Å². The molecule has 3 aliphatic carbocycles. The maximum atomic E-state index is 7.49. The zero-order valence-electron chi connectivity index (χ0n) is 24.8. The highest BCUT2D eigenvalue weighted by molar-refractivity contribution is 5.82. The lowest BCUT2D eigenvalue weighted by Gasteiger charge is -2.54. The van der Waals surface area contributed by atoms with Gasteiger partial charge in [0.05, 0.1) is 44.2 Å². The van der Waals surface area contributed by atoms with E-state index in [1.165, 1.54) is 41.2 Å². The van der Waals surface area contributed by atoms with Crippen molar-refractivity contribution in [3.8, 4) is 0 Å². The van der Waals surface area contributed by atoms with E-state index >= 15 is 0 Å². The zero-order chi connectivity index (χ0) is 27.9. The van der Waals surface area contributed by atoms with Crippen LogP contribution in [0.15, 0.2) is 60.0 Å². The Bertz CT molecular complexity index is 1320. The smallest absolute Gasteiger partial charge is 0.0974 e. The maximum absolute atomic E-state index is 7.49. The van der Waals surface area contributed by atoms with Crippen molar-refractivity contribution < 1.29 is 18.9 Å². The van der Waals surface area contributed by atoms with Gasteiger partial charge in [-0.25, -0.2) is 0 Å². The fourth-order valence-corrected chi connectivity index (χ4v) is 9.25. The monoisotopic (exact) mass is 558 g/mol. The highest BCUT2D eigenvalue weighted by Crippen LogP contribution is 2.69. The van der Waals surface area contributed by atoms with Crippen LogP contribution >= 0.6 is 0 Å². The van der Waals surface area contributed by atoms with E-state index in [4.69, 9.17) is 18.9 Å². The lowest BCUT2D eigenvalue weighted by Crippen LogP contribution is -2.55. The summed E-state index contributed by atoms with van der Waals surface area (Å²) in [6.45, 7) is 6.65. The third-order valence-corrected chi connectivity index (χ3v) is 11.2. The van der Waals surface area contributed by atoms with Gasteiger partial charge in [0.1, 0.15) is 0 Å². The van der Waals surface area contributed by atoms with Gasteiger partial charge in [-0.3, -0.25) is 4.98 Å². The maximum Gasteiger partial charge on any atom is 0.0974 e. The van der Waals surface area contributed by atoms with Crippen molar-refractivity contribution in [1.29, 1.82) is 0 Å². The van der Waals surface area contributed by atoms with Crippen LogP contribution < -0.4 is 5.32 Å². The van der Waals surface area contributed by atoms with E-state index in [1.807, 2.05) is 12.4 Å². The molecule has 2 aliphatic heterocycles. The van der Waals surface area contributed by atoms with Gasteiger partial charge in [-0.2, -0.15) is 0 Å². The summed E-state index contributed by atoms with van der Waals surface area (Å²) in [5.41, 5.74) is 4.55. The van der Waals surface area contributed by atoms with E-state index in [-0.39, 0.29) is 16.6 Å². The van der Waals surface area contributed by atoms with Crippen LogP contribution in [0.3, 0.4) is 0 Å². The number of methoxy groups -OCH3 is 1. The molecule has 6 heteroatoms. The Labute approximate surface area is 244 Å². The lowest BCUT2D eigenvalue weighted by molar-refractivity contribution is -0.136. The van der Waals surface area contributed by atoms with Gasteiger partial charge in [0.2, 0.25) is 0 Å². The highest BCUT2D eigenvalue weighted by atomic mass is 16.5. The molecule has 2 saturated carbocycles. The molecule has 6 nitrogen and oxygen atoms in total. The Morgan fingerprint density at radius 3 is 2.78 bits per heavy atom. The summed E-state index contributed by atoms with van der Waals surface area (Å²) in [7, 11) is 1.69. The molecule has 2 spiro atoms. The van der Waals surface area contributed by atoms with Gasteiger partial charge >= 0.3 is 0 Å². The molecular weight excluding hydrogens is 512 g/mol. The summed E-state index contributed by atoms with van der Waals surface area (Å²) in [5.74, 6) is 1.12. The van der Waals surface area contributed by atoms with Crippen LogP contribution in [0.5, 0.6) is 0 Å². The van der Waals surface area contributed by atoms with Crippen LogP contribution in [-0.2, 0) is 18.9 Å². The van der Waals surface area contributed by atoms with Gasteiger partial charge in [-0.05, 0) is 103 Å². The molecule has 1 saturated heterocycles. The molecule has 1 aromatic heterocycles. The van der Waals surface area contributed by atoms with Crippen molar-refractivity contribution in [2.24, 2.45) is 11.3 Å². The van der Waals surface area contributed by atoms with Crippen LogP contribution in [0.25, 0.3) is 10.8 Å². The van der Waals surface area contributed by atoms with Crippen molar-refractivity contribution in [3.05, 3.63) is 65.5 Å². The van der Waals surface area contributed by atoms with Crippen LogP contribution in [0.2, 0.25) is 0 Å². The summed E-state index contributed by atoms with van der Waals surface area (Å²) >= 11 is 0. The standard InChI is InChI=1S/C35H46N2O4/c1-33-11-9-29-22-28-5-6-30(37-15-16-39-19-20-40-18-17-38-2)23-34(28)12-13-35(29,41-34)32(33)8-7-31(33)26-4-3-25-10-14-36-24-27(25)21-26/h3-4,9-10,14,21-22,24,30-32,37H,5-8,11-13,15-20,23H2,1-2H3/t30-,31+,32+,33+,34+,35+/m0/s1. The quantitative estimate of drug-likeness (QED) is 0.336. The first-order valence-corrected chi connectivity index (χ1v) is 15.9. The SMILES string of the molecule is COCCOCCOCCN[C@H]1CCC2=CC3=CC[C@]4(C)[C@@H](c5ccc6ccncc6c5)CC[C@H]4[C@@]34CC[C@]2(C1)O4. The number of hydrogen-bond acceptors (Lipinski definition) is 6. The fourth-order valence-electron chi connectivity index (χ4n) is 9.25. The van der Waals surface area contributed by atoms with E-state index in [2.05, 4.69) is 53.6 Å². The number of nitrogens with one attached hydrogen (secondary N) is 1. The van der Waals surface area contributed by atoms with Crippen molar-refractivity contribution in [3.63, 3.8) is 0 Å². The third kappa shape index (κ3) is 4.80. The average Bonchev–Trinajstić information content (AvgIpc) is 3.51. The minimum Gasteiger partial charge on any atom is -0.382 e. The average molecular weight is 559 g/mol. The molecule has 7 rings (SSSR count). The van der Waals surface area contributed by atoms with E-state index in [0.717, 1.165) is 38.6 Å². The van der Waals surface area contributed by atoms with Gasteiger partial charge in [0.25, 0.3) is 0 Å². The third-order valence-electron chi connectivity index (χ3n) is 11.2. The van der Waals surface area contributed by atoms with Crippen molar-refractivity contribution in [1.82, 2.24) is 10.3 Å². The number of benzene rings is 1. The highest BCUT2D eigenvalue weighted by Gasteiger charge is 2.66. The lowest BCUT2D eigenvalue weighted by atomic mass is 9.58. The van der Waals surface area contributed by atoms with Crippen LogP contribution in [0, 0.1) is 11.3 Å². The number of rotatable bonds is 11. The van der Waals surface area contributed by atoms with Crippen molar-refractivity contribution >= 4 is 10.8 Å². The molecule has 3 heterocycles. The minimum atomic E-state index is -0.114.